The van der Waals surface area contributed by atoms with Crippen molar-refractivity contribution in [2.45, 2.75) is 44.0 Å². The van der Waals surface area contributed by atoms with Crippen LogP contribution < -0.4 is 16.0 Å². The van der Waals surface area contributed by atoms with Crippen molar-refractivity contribution >= 4 is 11.6 Å². The predicted octanol–water partition coefficient (Wildman–Crippen LogP) is 5.53. The Morgan fingerprint density at radius 3 is 2.19 bits per heavy atom. The Morgan fingerprint density at radius 1 is 1.00 bits per heavy atom. The Kier molecular flexibility index (Phi) is 7.50. The van der Waals surface area contributed by atoms with Crippen molar-refractivity contribution in [3.05, 3.63) is 78.6 Å². The van der Waals surface area contributed by atoms with Gasteiger partial charge >= 0.3 is 12.1 Å². The van der Waals surface area contributed by atoms with Crippen LogP contribution in [-0.4, -0.2) is 35.3 Å². The lowest BCUT2D eigenvalue weighted by atomic mass is 9.86. The van der Waals surface area contributed by atoms with Crippen LogP contribution in [0.3, 0.4) is 0 Å². The summed E-state index contributed by atoms with van der Waals surface area (Å²) < 4.78 is 64.9. The Hall–Kier alpha value is -3.40. The van der Waals surface area contributed by atoms with E-state index in [0.29, 0.717) is 11.3 Å². The number of aliphatic hydroxyl groups is 1. The average Bonchev–Trinajstić information content (AvgIpc) is 2.90. The molecule has 1 aliphatic heterocycles. The predicted molar refractivity (Wildman–Crippen MR) is 128 cm³/mol. The van der Waals surface area contributed by atoms with Crippen LogP contribution in [0, 0.1) is 5.92 Å². The molecule has 0 fully saturated rings. The molecule has 0 saturated carbocycles. The van der Waals surface area contributed by atoms with Gasteiger partial charge in [-0.3, -0.25) is 4.79 Å². The summed E-state index contributed by atoms with van der Waals surface area (Å²) in [6, 6.07) is 13.2. The number of amides is 1. The first-order chi connectivity index (χ1) is 16.7. The van der Waals surface area contributed by atoms with Crippen LogP contribution in [0.1, 0.15) is 31.9 Å². The van der Waals surface area contributed by atoms with Crippen LogP contribution in [0.25, 0.3) is 11.1 Å². The fraction of sp³-hybridized carbons (Fsp3) is 0.346. The monoisotopic (exact) mass is 509 g/mol. The van der Waals surface area contributed by atoms with Gasteiger partial charge < -0.3 is 21.1 Å². The van der Waals surface area contributed by atoms with Gasteiger partial charge in [0.15, 0.2) is 0 Å². The molecule has 10 heteroatoms. The summed E-state index contributed by atoms with van der Waals surface area (Å²) in [5.41, 5.74) is -0.171. The number of para-hydroxylation sites is 1. The summed E-state index contributed by atoms with van der Waals surface area (Å²) in [4.78, 5) is 13.2. The van der Waals surface area contributed by atoms with Crippen molar-refractivity contribution in [3.8, 4) is 11.1 Å². The molecular formula is C26H28F5N3O2. The molecule has 2 unspecified atom stereocenters. The van der Waals surface area contributed by atoms with Gasteiger partial charge in [-0.2, -0.15) is 22.0 Å². The molecule has 0 saturated heterocycles. The first-order valence-corrected chi connectivity index (χ1v) is 11.2. The topological polar surface area (TPSA) is 73.4 Å². The van der Waals surface area contributed by atoms with Crippen molar-refractivity contribution in [3.63, 3.8) is 0 Å². The van der Waals surface area contributed by atoms with Crippen LogP contribution >= 0.6 is 0 Å². The fourth-order valence-corrected chi connectivity index (χ4v) is 4.09. The number of halogens is 5. The number of carbonyl (C=O) groups is 1. The van der Waals surface area contributed by atoms with Gasteiger partial charge in [0.25, 0.3) is 5.91 Å². The van der Waals surface area contributed by atoms with E-state index in [1.165, 1.54) is 0 Å². The number of carbonyl (C=O) groups excluding carboxylic acids is 1. The third-order valence-electron chi connectivity index (χ3n) is 5.97. The molecule has 36 heavy (non-hydrogen) atoms. The molecule has 0 aromatic heterocycles. The molecule has 194 valence electrons. The van der Waals surface area contributed by atoms with Crippen molar-refractivity contribution in [2.75, 3.05) is 11.9 Å². The van der Waals surface area contributed by atoms with Crippen molar-refractivity contribution in [2.24, 2.45) is 5.92 Å². The van der Waals surface area contributed by atoms with Crippen LogP contribution in [0.15, 0.2) is 73.1 Å². The summed E-state index contributed by atoms with van der Waals surface area (Å²) in [6.45, 7) is 8.98. The van der Waals surface area contributed by atoms with E-state index in [0.717, 1.165) is 11.1 Å². The maximum Gasteiger partial charge on any atom is 0.455 e. The van der Waals surface area contributed by atoms with E-state index in [2.05, 4.69) is 23.8 Å². The Labute approximate surface area is 206 Å². The first-order valence-electron chi connectivity index (χ1n) is 11.2. The van der Waals surface area contributed by atoms with E-state index in [4.69, 9.17) is 0 Å². The molecule has 2 aromatic rings. The van der Waals surface area contributed by atoms with E-state index in [1.54, 1.807) is 44.2 Å². The van der Waals surface area contributed by atoms with Gasteiger partial charge in [-0.15, -0.1) is 0 Å². The Bertz CT molecular complexity index is 1160. The van der Waals surface area contributed by atoms with E-state index >= 15 is 0 Å². The average molecular weight is 510 g/mol. The number of anilines is 1. The Morgan fingerprint density at radius 2 is 1.58 bits per heavy atom. The number of fused-ring (bicyclic) bond motifs is 3. The fourth-order valence-electron chi connectivity index (χ4n) is 4.09. The summed E-state index contributed by atoms with van der Waals surface area (Å²) >= 11 is 0. The van der Waals surface area contributed by atoms with E-state index in [-0.39, 0.29) is 18.0 Å². The second-order valence-corrected chi connectivity index (χ2v) is 9.17. The molecule has 1 amide bonds. The standard InChI is InChI=1S/C26H28F5N3O2/c1-15(2)13-24(36,16(3)32-14-25(27,28)26(29,30)31)17(4)33-22-20-11-6-5-9-18(20)19-10-7-8-12-21(19)34-23(22)35/h5-12,15,22,32-33,36H,3-4,13-14H2,1-2H3,(H,34,35). The lowest BCUT2D eigenvalue weighted by molar-refractivity contribution is -0.278. The largest absolute Gasteiger partial charge is 0.455 e. The van der Waals surface area contributed by atoms with Crippen LogP contribution in [-0.2, 0) is 4.79 Å². The molecule has 0 aliphatic carbocycles. The maximum atomic E-state index is 13.5. The third-order valence-corrected chi connectivity index (χ3v) is 5.97. The highest BCUT2D eigenvalue weighted by Crippen LogP contribution is 2.39. The Balaban J connectivity index is 1.92. The summed E-state index contributed by atoms with van der Waals surface area (Å²) in [5, 5.41) is 19.1. The molecule has 2 aromatic carbocycles. The van der Waals surface area contributed by atoms with Crippen molar-refractivity contribution in [1.82, 2.24) is 10.6 Å². The zero-order chi connectivity index (χ0) is 26.9. The number of alkyl halides is 5. The molecule has 5 nitrogen and oxygen atoms in total. The molecule has 4 N–H and O–H groups in total. The molecule has 2 atom stereocenters. The SMILES string of the molecule is C=C(NCC(F)(F)C(F)(F)F)C(O)(CC(C)C)C(=C)NC1C(=O)Nc2ccccc2-c2ccccc21. The zero-order valence-corrected chi connectivity index (χ0v) is 19.8. The lowest BCUT2D eigenvalue weighted by Gasteiger charge is -2.37. The van der Waals surface area contributed by atoms with Gasteiger partial charge in [0.1, 0.15) is 11.6 Å². The van der Waals surface area contributed by atoms with E-state index < -0.39 is 41.9 Å². The number of nitrogens with one attached hydrogen (secondary N) is 3. The zero-order valence-electron chi connectivity index (χ0n) is 19.8. The normalized spacial score (nSPS) is 17.2. The number of benzene rings is 2. The molecule has 1 heterocycles. The smallest absolute Gasteiger partial charge is 0.380 e. The maximum absolute atomic E-state index is 13.5. The van der Waals surface area contributed by atoms with Gasteiger partial charge in [0.05, 0.1) is 6.54 Å². The van der Waals surface area contributed by atoms with Crippen molar-refractivity contribution < 1.29 is 31.9 Å². The van der Waals surface area contributed by atoms with Gasteiger partial charge in [-0.1, -0.05) is 69.5 Å². The van der Waals surface area contributed by atoms with Crippen LogP contribution in [0.2, 0.25) is 0 Å². The minimum absolute atomic E-state index is 0.113. The summed E-state index contributed by atoms with van der Waals surface area (Å²) in [5.74, 6) is -5.76. The molecular weight excluding hydrogens is 481 g/mol. The van der Waals surface area contributed by atoms with Crippen LogP contribution in [0.5, 0.6) is 0 Å². The van der Waals surface area contributed by atoms with Crippen molar-refractivity contribution in [1.29, 1.82) is 0 Å². The number of hydrogen-bond acceptors (Lipinski definition) is 4. The highest BCUT2D eigenvalue weighted by atomic mass is 19.4. The molecule has 3 rings (SSSR count). The first kappa shape index (κ1) is 27.2. The molecule has 0 radical (unpaired) electrons. The van der Waals surface area contributed by atoms with Crippen LogP contribution in [0.4, 0.5) is 27.6 Å². The second kappa shape index (κ2) is 9.93. The summed E-state index contributed by atoms with van der Waals surface area (Å²) in [7, 11) is 0. The third kappa shape index (κ3) is 5.38. The van der Waals surface area contributed by atoms with Gasteiger partial charge in [0.2, 0.25) is 0 Å². The van der Waals surface area contributed by atoms with Gasteiger partial charge in [0, 0.05) is 22.6 Å². The number of hydrogen-bond donors (Lipinski definition) is 4. The van der Waals surface area contributed by atoms with Gasteiger partial charge in [-0.25, -0.2) is 0 Å². The molecule has 1 aliphatic rings. The van der Waals surface area contributed by atoms with Gasteiger partial charge in [-0.05, 0) is 29.5 Å². The minimum Gasteiger partial charge on any atom is -0.380 e. The second-order valence-electron chi connectivity index (χ2n) is 9.17. The van der Waals surface area contributed by atoms with E-state index in [9.17, 15) is 31.9 Å². The number of rotatable bonds is 9. The minimum atomic E-state index is -5.77. The summed E-state index contributed by atoms with van der Waals surface area (Å²) in [6.07, 6.45) is -5.89. The molecule has 0 spiro atoms. The lowest BCUT2D eigenvalue weighted by Crippen LogP contribution is -2.51. The highest BCUT2D eigenvalue weighted by Gasteiger charge is 2.57. The quantitative estimate of drug-likeness (QED) is 0.336. The van der Waals surface area contributed by atoms with E-state index in [1.807, 2.05) is 23.5 Å². The highest BCUT2D eigenvalue weighted by molar-refractivity contribution is 6.03. The molecule has 0 bridgehead atoms.